The fourth-order valence-electron chi connectivity index (χ4n) is 5.98. The van der Waals surface area contributed by atoms with Crippen LogP contribution in [0.15, 0.2) is 48.8 Å². The Morgan fingerprint density at radius 1 is 0.980 bits per heavy atom. The molecule has 2 aliphatic heterocycles. The number of fused-ring (bicyclic) bond motifs is 1. The van der Waals surface area contributed by atoms with Crippen molar-refractivity contribution in [2.24, 2.45) is 7.05 Å². The van der Waals surface area contributed by atoms with Crippen LogP contribution in [0.25, 0.3) is 22.5 Å². The Balaban J connectivity index is 1.46. The van der Waals surface area contributed by atoms with Crippen LogP contribution in [0.4, 0.5) is 38.0 Å². The maximum absolute atomic E-state index is 14.4. The molecule has 0 spiro atoms. The Hall–Kier alpha value is -5.01. The number of ether oxygens (including phenoxy) is 1. The van der Waals surface area contributed by atoms with Gasteiger partial charge in [0.05, 0.1) is 37.0 Å². The smallest absolute Gasteiger partial charge is 0.379 e. The molecule has 1 saturated heterocycles. The van der Waals surface area contributed by atoms with E-state index in [1.807, 2.05) is 11.0 Å². The van der Waals surface area contributed by atoms with Crippen molar-refractivity contribution in [2.75, 3.05) is 43.1 Å². The van der Waals surface area contributed by atoms with E-state index in [1.54, 1.807) is 7.05 Å². The molecule has 2 aliphatic rings. The number of carbonyl (C=O) groups excluding carboxylic acids is 1. The highest BCUT2D eigenvalue weighted by molar-refractivity contribution is 6.10. The number of amides is 1. The second kappa shape index (κ2) is 13.5. The number of rotatable bonds is 9. The molecule has 0 atom stereocenters. The second-order valence-electron chi connectivity index (χ2n) is 11.8. The van der Waals surface area contributed by atoms with E-state index in [4.69, 9.17) is 10.00 Å². The second-order valence-corrected chi connectivity index (χ2v) is 11.8. The molecular formula is C33H30F6N8O2. The number of nitrogens with one attached hydrogen (secondary N) is 1. The van der Waals surface area contributed by atoms with E-state index >= 15 is 0 Å². The van der Waals surface area contributed by atoms with Gasteiger partial charge in [0.1, 0.15) is 18.0 Å². The summed E-state index contributed by atoms with van der Waals surface area (Å²) in [5.41, 5.74) is -1.30. The first kappa shape index (κ1) is 33.9. The largest absolute Gasteiger partial charge is 0.416 e. The predicted octanol–water partition coefficient (Wildman–Crippen LogP) is 6.29. The number of pyridine rings is 1. The third kappa shape index (κ3) is 7.22. The Labute approximate surface area is 276 Å². The van der Waals surface area contributed by atoms with Gasteiger partial charge in [-0.1, -0.05) is 0 Å². The Bertz CT molecular complexity index is 1910. The maximum atomic E-state index is 14.4. The highest BCUT2D eigenvalue weighted by atomic mass is 19.4. The SMILES string of the molecule is Cn1cnnc1-c1ccc(C(F)(F)F)cc1-c1cc(NCCCC#N)nc(N2Cc3c(cc(CN4CCOCC4)cc3C(F)(F)F)C2=O)c1. The number of benzene rings is 2. The summed E-state index contributed by atoms with van der Waals surface area (Å²) in [6.45, 7) is 1.96. The number of aryl methyl sites for hydroxylation is 1. The Kier molecular flexibility index (Phi) is 9.32. The van der Waals surface area contributed by atoms with Gasteiger partial charge >= 0.3 is 12.4 Å². The molecule has 0 unspecified atom stereocenters. The minimum Gasteiger partial charge on any atom is -0.379 e. The molecule has 0 bridgehead atoms. The fourth-order valence-corrected chi connectivity index (χ4v) is 5.98. The first-order chi connectivity index (χ1) is 23.3. The lowest BCUT2D eigenvalue weighted by atomic mass is 9.96. The van der Waals surface area contributed by atoms with Crippen molar-refractivity contribution in [3.8, 4) is 28.6 Å². The predicted molar refractivity (Wildman–Crippen MR) is 166 cm³/mol. The van der Waals surface area contributed by atoms with Gasteiger partial charge in [-0.3, -0.25) is 14.6 Å². The van der Waals surface area contributed by atoms with Crippen molar-refractivity contribution >= 4 is 17.5 Å². The highest BCUT2D eigenvalue weighted by Gasteiger charge is 2.41. The molecule has 2 aromatic carbocycles. The van der Waals surface area contributed by atoms with Crippen molar-refractivity contribution in [3.63, 3.8) is 0 Å². The first-order valence-corrected chi connectivity index (χ1v) is 15.4. The van der Waals surface area contributed by atoms with E-state index in [9.17, 15) is 31.1 Å². The van der Waals surface area contributed by atoms with Crippen LogP contribution >= 0.6 is 0 Å². The first-order valence-electron chi connectivity index (χ1n) is 15.4. The van der Waals surface area contributed by atoms with Crippen molar-refractivity contribution in [3.05, 3.63) is 76.6 Å². The van der Waals surface area contributed by atoms with Crippen molar-refractivity contribution < 1.29 is 35.9 Å². The Morgan fingerprint density at radius 2 is 1.76 bits per heavy atom. The van der Waals surface area contributed by atoms with Crippen LogP contribution in [0, 0.1) is 11.3 Å². The molecule has 4 aromatic rings. The van der Waals surface area contributed by atoms with Gasteiger partial charge in [-0.25, -0.2) is 4.98 Å². The fraction of sp³-hybridized carbons (Fsp3) is 0.364. The monoisotopic (exact) mass is 684 g/mol. The molecule has 10 nitrogen and oxygen atoms in total. The quantitative estimate of drug-likeness (QED) is 0.162. The van der Waals surface area contributed by atoms with Crippen molar-refractivity contribution in [2.45, 2.75) is 38.3 Å². The average molecular weight is 685 g/mol. The third-order valence-electron chi connectivity index (χ3n) is 8.39. The van der Waals surface area contributed by atoms with E-state index < -0.39 is 35.9 Å². The van der Waals surface area contributed by atoms with Crippen LogP contribution in [0.5, 0.6) is 0 Å². The van der Waals surface area contributed by atoms with Crippen molar-refractivity contribution in [1.82, 2.24) is 24.6 Å². The van der Waals surface area contributed by atoms with Gasteiger partial charge < -0.3 is 14.6 Å². The topological polar surface area (TPSA) is 112 Å². The maximum Gasteiger partial charge on any atom is 0.416 e. The van der Waals surface area contributed by atoms with E-state index in [0.29, 0.717) is 43.9 Å². The lowest BCUT2D eigenvalue weighted by molar-refractivity contribution is -0.138. The zero-order valence-electron chi connectivity index (χ0n) is 26.2. The Morgan fingerprint density at radius 3 is 2.43 bits per heavy atom. The molecular weight excluding hydrogens is 654 g/mol. The number of anilines is 2. The third-order valence-corrected chi connectivity index (χ3v) is 8.39. The lowest BCUT2D eigenvalue weighted by Crippen LogP contribution is -2.35. The highest BCUT2D eigenvalue weighted by Crippen LogP contribution is 2.42. The number of nitrogens with zero attached hydrogens (tertiary/aromatic N) is 7. The number of nitriles is 1. The molecule has 1 amide bonds. The van der Waals surface area contributed by atoms with Crippen LogP contribution in [-0.2, 0) is 37.2 Å². The lowest BCUT2D eigenvalue weighted by Gasteiger charge is -2.27. The molecule has 0 saturated carbocycles. The number of hydrogen-bond acceptors (Lipinski definition) is 8. The normalized spacial score (nSPS) is 15.4. The average Bonchev–Trinajstić information content (AvgIpc) is 3.64. The molecule has 1 N–H and O–H groups in total. The van der Waals surface area contributed by atoms with E-state index in [0.717, 1.165) is 23.1 Å². The summed E-state index contributed by atoms with van der Waals surface area (Å²) in [7, 11) is 1.63. The number of hydrogen-bond donors (Lipinski definition) is 1. The van der Waals surface area contributed by atoms with Crippen molar-refractivity contribution in [1.29, 1.82) is 5.26 Å². The van der Waals surface area contributed by atoms with Crippen LogP contribution in [0.3, 0.4) is 0 Å². The number of alkyl halides is 6. The standard InChI is InChI=1S/C33H30F6N8O2/c1-45-19-42-44-30(45)23-5-4-22(32(34,35)36)16-24(23)21-14-28(41-7-3-2-6-40)43-29(15-21)47-18-26-25(31(47)48)12-20(13-27(26)33(37,38)39)17-46-8-10-49-11-9-46/h4-5,12-16,19H,2-3,7-11,17-18H2,1H3,(H,41,43). The number of aromatic nitrogens is 4. The van der Waals surface area contributed by atoms with Gasteiger partial charge in [-0.2, -0.15) is 31.6 Å². The summed E-state index contributed by atoms with van der Waals surface area (Å²) in [6.07, 6.45) is -7.42. The summed E-state index contributed by atoms with van der Waals surface area (Å²) in [5.74, 6) is -0.370. The van der Waals surface area contributed by atoms with E-state index in [1.165, 1.54) is 35.2 Å². The zero-order chi connectivity index (χ0) is 34.9. The summed E-state index contributed by atoms with van der Waals surface area (Å²) in [4.78, 5) is 21.5. The minimum atomic E-state index is -4.76. The van der Waals surface area contributed by atoms with Crippen LogP contribution < -0.4 is 10.2 Å². The van der Waals surface area contributed by atoms with Gasteiger partial charge in [0.15, 0.2) is 5.82 Å². The van der Waals surface area contributed by atoms with Crippen LogP contribution in [0.2, 0.25) is 0 Å². The minimum absolute atomic E-state index is 0.0642. The molecule has 2 aromatic heterocycles. The summed E-state index contributed by atoms with van der Waals surface area (Å²) in [5, 5.41) is 19.9. The number of halogens is 6. The van der Waals surface area contributed by atoms with Gasteiger partial charge in [-0.15, -0.1) is 10.2 Å². The summed E-state index contributed by atoms with van der Waals surface area (Å²) < 4.78 is 92.1. The van der Waals surface area contributed by atoms with Gasteiger partial charge in [0.25, 0.3) is 5.91 Å². The van der Waals surface area contributed by atoms with Crippen LogP contribution in [0.1, 0.15) is 45.5 Å². The molecule has 6 rings (SSSR count). The molecule has 0 radical (unpaired) electrons. The molecule has 16 heteroatoms. The van der Waals surface area contributed by atoms with Gasteiger partial charge in [0, 0.05) is 50.8 Å². The van der Waals surface area contributed by atoms with Crippen LogP contribution in [-0.4, -0.2) is 63.4 Å². The number of carbonyl (C=O) groups is 1. The molecule has 0 aliphatic carbocycles. The zero-order valence-corrected chi connectivity index (χ0v) is 26.2. The molecule has 256 valence electrons. The molecule has 4 heterocycles. The summed E-state index contributed by atoms with van der Waals surface area (Å²) in [6, 6.07) is 10.6. The van der Waals surface area contributed by atoms with Gasteiger partial charge in [0.2, 0.25) is 0 Å². The van der Waals surface area contributed by atoms with E-state index in [-0.39, 0.29) is 59.2 Å². The molecule has 49 heavy (non-hydrogen) atoms. The number of unbranched alkanes of at least 4 members (excludes halogenated alkanes) is 1. The van der Waals surface area contributed by atoms with Gasteiger partial charge in [-0.05, 0) is 71.1 Å². The molecule has 1 fully saturated rings. The summed E-state index contributed by atoms with van der Waals surface area (Å²) >= 11 is 0. The van der Waals surface area contributed by atoms with E-state index in [2.05, 4.69) is 20.5 Å². The number of morpholine rings is 1.